The van der Waals surface area contributed by atoms with Gasteiger partial charge in [0, 0.05) is 12.6 Å². The van der Waals surface area contributed by atoms with Gasteiger partial charge < -0.3 is 9.64 Å². The molecule has 1 heterocycles. The first-order chi connectivity index (χ1) is 9.09. The van der Waals surface area contributed by atoms with E-state index in [0.717, 1.165) is 28.3 Å². The van der Waals surface area contributed by atoms with Crippen molar-refractivity contribution in [1.29, 1.82) is 0 Å². The maximum atomic E-state index is 12.2. The van der Waals surface area contributed by atoms with Crippen LogP contribution in [0.15, 0.2) is 27.1 Å². The maximum Gasteiger partial charge on any atom is 0.260 e. The van der Waals surface area contributed by atoms with Gasteiger partial charge in [-0.15, -0.1) is 0 Å². The van der Waals surface area contributed by atoms with Crippen LogP contribution in [-0.2, 0) is 4.79 Å². The van der Waals surface area contributed by atoms with Gasteiger partial charge in [0.2, 0.25) is 0 Å². The van der Waals surface area contributed by atoms with E-state index in [1.165, 1.54) is 6.42 Å². The van der Waals surface area contributed by atoms with Gasteiger partial charge >= 0.3 is 0 Å². The lowest BCUT2D eigenvalue weighted by Crippen LogP contribution is -2.44. The largest absolute Gasteiger partial charge is 0.481 e. The number of ether oxygens (including phenoxy) is 1. The molecule has 19 heavy (non-hydrogen) atoms. The van der Waals surface area contributed by atoms with Gasteiger partial charge in [0.15, 0.2) is 6.61 Å². The summed E-state index contributed by atoms with van der Waals surface area (Å²) in [5.41, 5.74) is 0. The van der Waals surface area contributed by atoms with E-state index in [1.54, 1.807) is 0 Å². The molecule has 1 aromatic carbocycles. The van der Waals surface area contributed by atoms with E-state index in [2.05, 4.69) is 38.8 Å². The molecule has 1 amide bonds. The van der Waals surface area contributed by atoms with Crippen LogP contribution < -0.4 is 4.74 Å². The van der Waals surface area contributed by atoms with Crippen LogP contribution in [0, 0.1) is 0 Å². The summed E-state index contributed by atoms with van der Waals surface area (Å²) in [4.78, 5) is 14.1. The zero-order valence-electron chi connectivity index (χ0n) is 10.9. The minimum atomic E-state index is 0.0647. The third kappa shape index (κ3) is 3.72. The number of halogens is 2. The van der Waals surface area contributed by atoms with E-state index in [0.29, 0.717) is 11.8 Å². The number of para-hydroxylation sites is 1. The molecular weight excluding hydrogens is 374 g/mol. The monoisotopic (exact) mass is 389 g/mol. The Morgan fingerprint density at radius 1 is 1.37 bits per heavy atom. The smallest absolute Gasteiger partial charge is 0.260 e. The van der Waals surface area contributed by atoms with Crippen molar-refractivity contribution in [2.75, 3.05) is 13.2 Å². The highest BCUT2D eigenvalue weighted by atomic mass is 79.9. The standard InChI is InChI=1S/C14H17Br2NO2/c1-10-5-2-3-8-17(10)13(18)9-19-14-11(15)6-4-7-12(14)16/h4,6-7,10H,2-3,5,8-9H2,1H3. The number of carbonyl (C=O) groups excluding carboxylic acids is 1. The van der Waals surface area contributed by atoms with Gasteiger partial charge in [0.1, 0.15) is 5.75 Å². The van der Waals surface area contributed by atoms with E-state index in [-0.39, 0.29) is 12.5 Å². The third-order valence-electron chi connectivity index (χ3n) is 3.38. The SMILES string of the molecule is CC1CCCCN1C(=O)COc1c(Br)cccc1Br. The maximum absolute atomic E-state index is 12.2. The van der Waals surface area contributed by atoms with Gasteiger partial charge in [-0.2, -0.15) is 0 Å². The summed E-state index contributed by atoms with van der Waals surface area (Å²) in [5, 5.41) is 0. The molecule has 0 bridgehead atoms. The molecular formula is C14H17Br2NO2. The molecule has 0 aliphatic carbocycles. The van der Waals surface area contributed by atoms with Crippen molar-refractivity contribution in [1.82, 2.24) is 4.90 Å². The van der Waals surface area contributed by atoms with Crippen LogP contribution in [0.4, 0.5) is 0 Å². The number of hydrogen-bond donors (Lipinski definition) is 0. The topological polar surface area (TPSA) is 29.5 Å². The molecule has 0 saturated carbocycles. The normalized spacial score (nSPS) is 19.3. The van der Waals surface area contributed by atoms with Gasteiger partial charge in [0.05, 0.1) is 8.95 Å². The Hall–Kier alpha value is -0.550. The van der Waals surface area contributed by atoms with Crippen molar-refractivity contribution in [3.05, 3.63) is 27.1 Å². The number of rotatable bonds is 3. The lowest BCUT2D eigenvalue weighted by Gasteiger charge is -2.33. The fourth-order valence-corrected chi connectivity index (χ4v) is 3.53. The van der Waals surface area contributed by atoms with Crippen LogP contribution in [0.25, 0.3) is 0 Å². The summed E-state index contributed by atoms with van der Waals surface area (Å²) in [5.74, 6) is 0.746. The van der Waals surface area contributed by atoms with E-state index in [9.17, 15) is 4.79 Å². The number of benzene rings is 1. The first-order valence-corrected chi connectivity index (χ1v) is 8.04. The molecule has 1 atom stereocenters. The molecule has 1 fully saturated rings. The predicted octanol–water partition coefficient (Wildman–Crippen LogP) is 3.99. The summed E-state index contributed by atoms with van der Waals surface area (Å²) in [6.07, 6.45) is 3.39. The Bertz CT molecular complexity index is 445. The number of nitrogens with zero attached hydrogens (tertiary/aromatic N) is 1. The summed E-state index contributed by atoms with van der Waals surface area (Å²) < 4.78 is 7.34. The molecule has 104 valence electrons. The molecule has 2 rings (SSSR count). The quantitative estimate of drug-likeness (QED) is 0.780. The second kappa shape index (κ2) is 6.75. The molecule has 0 aromatic heterocycles. The minimum absolute atomic E-state index is 0.0647. The molecule has 1 aliphatic heterocycles. The first-order valence-electron chi connectivity index (χ1n) is 6.46. The van der Waals surface area contributed by atoms with Crippen molar-refractivity contribution >= 4 is 37.8 Å². The lowest BCUT2D eigenvalue weighted by molar-refractivity contribution is -0.136. The van der Waals surface area contributed by atoms with Crippen molar-refractivity contribution in [2.45, 2.75) is 32.2 Å². The average molecular weight is 391 g/mol. The fraction of sp³-hybridized carbons (Fsp3) is 0.500. The fourth-order valence-electron chi connectivity index (χ4n) is 2.31. The summed E-state index contributed by atoms with van der Waals surface area (Å²) in [6.45, 7) is 3.04. The van der Waals surface area contributed by atoms with E-state index < -0.39 is 0 Å². The van der Waals surface area contributed by atoms with Gasteiger partial charge in [-0.25, -0.2) is 0 Å². The second-order valence-electron chi connectivity index (χ2n) is 4.77. The Morgan fingerprint density at radius 3 is 2.68 bits per heavy atom. The molecule has 0 N–H and O–H groups in total. The highest BCUT2D eigenvalue weighted by molar-refractivity contribution is 9.11. The molecule has 5 heteroatoms. The molecule has 1 aromatic rings. The number of hydrogen-bond acceptors (Lipinski definition) is 2. The number of piperidine rings is 1. The van der Waals surface area contributed by atoms with Crippen LogP contribution in [0.3, 0.4) is 0 Å². The predicted molar refractivity (Wildman–Crippen MR) is 82.4 cm³/mol. The Morgan fingerprint density at radius 2 is 2.05 bits per heavy atom. The summed E-state index contributed by atoms with van der Waals surface area (Å²) >= 11 is 6.85. The Labute approximate surface area is 130 Å². The average Bonchev–Trinajstić information content (AvgIpc) is 2.38. The zero-order valence-corrected chi connectivity index (χ0v) is 14.0. The first kappa shape index (κ1) is 14.9. The molecule has 3 nitrogen and oxygen atoms in total. The summed E-state index contributed by atoms with van der Waals surface area (Å²) in [6, 6.07) is 6.03. The van der Waals surface area contributed by atoms with E-state index in [4.69, 9.17) is 4.74 Å². The van der Waals surface area contributed by atoms with Crippen molar-refractivity contribution in [2.24, 2.45) is 0 Å². The zero-order chi connectivity index (χ0) is 13.8. The second-order valence-corrected chi connectivity index (χ2v) is 6.48. The van der Waals surface area contributed by atoms with Crippen molar-refractivity contribution < 1.29 is 9.53 Å². The summed E-state index contributed by atoms with van der Waals surface area (Å²) in [7, 11) is 0. The highest BCUT2D eigenvalue weighted by Gasteiger charge is 2.23. The third-order valence-corrected chi connectivity index (χ3v) is 4.63. The molecule has 0 spiro atoms. The lowest BCUT2D eigenvalue weighted by atomic mass is 10.0. The van der Waals surface area contributed by atoms with Crippen LogP contribution in [0.5, 0.6) is 5.75 Å². The number of amides is 1. The van der Waals surface area contributed by atoms with Crippen molar-refractivity contribution in [3.8, 4) is 5.75 Å². The van der Waals surface area contributed by atoms with Crippen molar-refractivity contribution in [3.63, 3.8) is 0 Å². The van der Waals surface area contributed by atoms with Gasteiger partial charge in [-0.05, 0) is 70.2 Å². The van der Waals surface area contributed by atoms with Gasteiger partial charge in [-0.1, -0.05) is 6.07 Å². The number of carbonyl (C=O) groups is 1. The minimum Gasteiger partial charge on any atom is -0.481 e. The van der Waals surface area contributed by atoms with Crippen LogP contribution in [0.1, 0.15) is 26.2 Å². The van der Waals surface area contributed by atoms with E-state index in [1.807, 2.05) is 23.1 Å². The highest BCUT2D eigenvalue weighted by Crippen LogP contribution is 2.33. The Kier molecular flexibility index (Phi) is 5.28. The van der Waals surface area contributed by atoms with Crippen LogP contribution in [-0.4, -0.2) is 30.0 Å². The van der Waals surface area contributed by atoms with Crippen LogP contribution >= 0.6 is 31.9 Å². The van der Waals surface area contributed by atoms with E-state index >= 15 is 0 Å². The van der Waals surface area contributed by atoms with Gasteiger partial charge in [0.25, 0.3) is 5.91 Å². The Balaban J connectivity index is 1.96. The molecule has 1 unspecified atom stereocenters. The molecule has 1 aliphatic rings. The van der Waals surface area contributed by atoms with Gasteiger partial charge in [-0.3, -0.25) is 4.79 Å². The number of likely N-dealkylation sites (tertiary alicyclic amines) is 1. The molecule has 1 saturated heterocycles. The van der Waals surface area contributed by atoms with Crippen LogP contribution in [0.2, 0.25) is 0 Å². The molecule has 0 radical (unpaired) electrons.